The third-order valence-electron chi connectivity index (χ3n) is 4.34. The molecule has 152 valence electrons. The second kappa shape index (κ2) is 10.3. The van der Waals surface area contributed by atoms with Crippen molar-refractivity contribution >= 4 is 46.6 Å². The summed E-state index contributed by atoms with van der Waals surface area (Å²) in [5, 5.41) is 1.45. The molecular formula is C25H23ClN2OS. The number of thioether (sulfide) groups is 1. The summed E-state index contributed by atoms with van der Waals surface area (Å²) >= 11 is 7.34. The van der Waals surface area contributed by atoms with Crippen LogP contribution in [0, 0.1) is 6.92 Å². The molecular weight excluding hydrogens is 412 g/mol. The molecule has 3 rings (SSSR count). The van der Waals surface area contributed by atoms with Gasteiger partial charge in [0.2, 0.25) is 0 Å². The zero-order chi connectivity index (χ0) is 21.5. The SMILES string of the molecule is Cc1ccc(N=C(S/C(C=O)=C\c2cccc(-c3ccc(Cl)cc3)c2)N(C)C)cc1. The lowest BCUT2D eigenvalue weighted by molar-refractivity contribution is -0.104. The number of hydrogen-bond donors (Lipinski definition) is 0. The monoisotopic (exact) mass is 434 g/mol. The maximum atomic E-state index is 11.8. The highest BCUT2D eigenvalue weighted by Gasteiger charge is 2.09. The van der Waals surface area contributed by atoms with Gasteiger partial charge >= 0.3 is 0 Å². The fourth-order valence-corrected chi connectivity index (χ4v) is 3.66. The minimum absolute atomic E-state index is 0.586. The Bertz CT molecular complexity index is 1070. The highest BCUT2D eigenvalue weighted by atomic mass is 35.5. The van der Waals surface area contributed by atoms with Gasteiger partial charge in [0, 0.05) is 19.1 Å². The minimum atomic E-state index is 0.586. The number of carbonyl (C=O) groups excluding carboxylic acids is 1. The first-order chi connectivity index (χ1) is 14.4. The Labute approximate surface area is 187 Å². The van der Waals surface area contributed by atoms with E-state index in [9.17, 15) is 4.79 Å². The van der Waals surface area contributed by atoms with E-state index in [1.54, 1.807) is 0 Å². The van der Waals surface area contributed by atoms with Crippen molar-refractivity contribution in [1.82, 2.24) is 4.90 Å². The van der Waals surface area contributed by atoms with Crippen molar-refractivity contribution in [3.8, 4) is 11.1 Å². The van der Waals surface area contributed by atoms with Gasteiger partial charge in [-0.15, -0.1) is 0 Å². The van der Waals surface area contributed by atoms with Crippen molar-refractivity contribution in [3.63, 3.8) is 0 Å². The predicted molar refractivity (Wildman–Crippen MR) is 130 cm³/mol. The van der Waals surface area contributed by atoms with E-state index >= 15 is 0 Å². The fraction of sp³-hybridized carbons (Fsp3) is 0.120. The van der Waals surface area contributed by atoms with E-state index in [-0.39, 0.29) is 0 Å². The summed E-state index contributed by atoms with van der Waals surface area (Å²) < 4.78 is 0. The molecule has 0 atom stereocenters. The van der Waals surface area contributed by atoms with Gasteiger partial charge in [-0.05, 0) is 71.8 Å². The third-order valence-corrected chi connectivity index (χ3v) is 5.68. The number of halogens is 1. The summed E-state index contributed by atoms with van der Waals surface area (Å²) in [6, 6.07) is 23.8. The number of allylic oxidation sites excluding steroid dienone is 1. The molecule has 0 unspecified atom stereocenters. The van der Waals surface area contributed by atoms with Crippen LogP contribution in [-0.2, 0) is 4.79 Å². The van der Waals surface area contributed by atoms with E-state index in [0.29, 0.717) is 9.93 Å². The molecule has 0 saturated heterocycles. The molecule has 0 spiro atoms. The molecule has 0 aromatic heterocycles. The number of hydrogen-bond acceptors (Lipinski definition) is 3. The summed E-state index contributed by atoms with van der Waals surface area (Å²) in [5.41, 5.74) is 5.13. The van der Waals surface area contributed by atoms with Crippen LogP contribution in [0.1, 0.15) is 11.1 Å². The molecule has 0 fully saturated rings. The Balaban J connectivity index is 1.87. The molecule has 0 radical (unpaired) electrons. The summed E-state index contributed by atoms with van der Waals surface area (Å²) in [6.07, 6.45) is 2.75. The molecule has 0 aliphatic carbocycles. The van der Waals surface area contributed by atoms with Crippen molar-refractivity contribution < 1.29 is 4.79 Å². The number of carbonyl (C=O) groups is 1. The number of benzene rings is 3. The second-order valence-corrected chi connectivity index (χ2v) is 8.50. The highest BCUT2D eigenvalue weighted by molar-refractivity contribution is 8.17. The molecule has 3 aromatic carbocycles. The number of nitrogens with zero attached hydrogens (tertiary/aromatic N) is 2. The molecule has 30 heavy (non-hydrogen) atoms. The number of amidine groups is 1. The molecule has 0 N–H and O–H groups in total. The van der Waals surface area contributed by atoms with Crippen molar-refractivity contribution in [2.24, 2.45) is 4.99 Å². The van der Waals surface area contributed by atoms with Crippen LogP contribution in [0.4, 0.5) is 5.69 Å². The standard InChI is InChI=1S/C25H23ClN2OS/c1-18-7-13-23(14-8-18)27-25(28(2)3)30-24(17-29)16-19-5-4-6-21(15-19)20-9-11-22(26)12-10-20/h4-17H,1-3H3/b24-16-,27-25?. The van der Waals surface area contributed by atoms with E-state index in [1.807, 2.05) is 98.7 Å². The van der Waals surface area contributed by atoms with Crippen LogP contribution in [0.25, 0.3) is 17.2 Å². The Morgan fingerprint density at radius 2 is 1.67 bits per heavy atom. The van der Waals surface area contributed by atoms with Gasteiger partial charge in [0.1, 0.15) is 0 Å². The van der Waals surface area contributed by atoms with E-state index in [1.165, 1.54) is 17.3 Å². The fourth-order valence-electron chi connectivity index (χ4n) is 2.75. The van der Waals surface area contributed by atoms with Crippen LogP contribution in [-0.4, -0.2) is 30.4 Å². The van der Waals surface area contributed by atoms with Crippen molar-refractivity contribution in [1.29, 1.82) is 0 Å². The maximum Gasteiger partial charge on any atom is 0.168 e. The summed E-state index contributed by atoms with van der Waals surface area (Å²) in [4.78, 5) is 19.0. The van der Waals surface area contributed by atoms with E-state index < -0.39 is 0 Å². The summed E-state index contributed by atoms with van der Waals surface area (Å²) in [6.45, 7) is 2.04. The van der Waals surface area contributed by atoms with Gasteiger partial charge in [0.15, 0.2) is 11.5 Å². The van der Waals surface area contributed by atoms with Gasteiger partial charge in [-0.2, -0.15) is 0 Å². The Kier molecular flexibility index (Phi) is 7.50. The van der Waals surface area contributed by atoms with Crippen molar-refractivity contribution in [3.05, 3.63) is 93.9 Å². The lowest BCUT2D eigenvalue weighted by Crippen LogP contribution is -2.18. The maximum absolute atomic E-state index is 11.8. The highest BCUT2D eigenvalue weighted by Crippen LogP contribution is 2.26. The molecule has 0 heterocycles. The minimum Gasteiger partial charge on any atom is -0.357 e. The van der Waals surface area contributed by atoms with Crippen LogP contribution < -0.4 is 0 Å². The molecule has 5 heteroatoms. The van der Waals surface area contributed by atoms with Crippen molar-refractivity contribution in [2.75, 3.05) is 14.1 Å². The van der Waals surface area contributed by atoms with Gasteiger partial charge in [-0.1, -0.05) is 59.6 Å². The quantitative estimate of drug-likeness (QED) is 0.191. The Hall–Kier alpha value is -2.82. The van der Waals surface area contributed by atoms with Crippen LogP contribution in [0.15, 0.2) is 82.7 Å². The number of aliphatic imine (C=N–C) groups is 1. The smallest absolute Gasteiger partial charge is 0.168 e. The lowest BCUT2D eigenvalue weighted by atomic mass is 10.0. The average Bonchev–Trinajstić information content (AvgIpc) is 2.74. The number of rotatable bonds is 5. The molecule has 0 amide bonds. The first-order valence-electron chi connectivity index (χ1n) is 9.48. The topological polar surface area (TPSA) is 32.7 Å². The third kappa shape index (κ3) is 6.09. The van der Waals surface area contributed by atoms with Gasteiger partial charge in [-0.25, -0.2) is 4.99 Å². The van der Waals surface area contributed by atoms with Gasteiger partial charge < -0.3 is 4.90 Å². The van der Waals surface area contributed by atoms with E-state index in [4.69, 9.17) is 16.6 Å². The van der Waals surface area contributed by atoms with Crippen LogP contribution >= 0.6 is 23.4 Å². The Morgan fingerprint density at radius 3 is 2.30 bits per heavy atom. The second-order valence-electron chi connectivity index (χ2n) is 7.02. The average molecular weight is 435 g/mol. The molecule has 0 aliphatic heterocycles. The normalized spacial score (nSPS) is 12.0. The molecule has 0 aliphatic rings. The zero-order valence-electron chi connectivity index (χ0n) is 17.2. The zero-order valence-corrected chi connectivity index (χ0v) is 18.7. The lowest BCUT2D eigenvalue weighted by Gasteiger charge is -2.15. The predicted octanol–water partition coefficient (Wildman–Crippen LogP) is 6.84. The van der Waals surface area contributed by atoms with E-state index in [0.717, 1.165) is 33.8 Å². The van der Waals surface area contributed by atoms with Gasteiger partial charge in [-0.3, -0.25) is 4.79 Å². The van der Waals surface area contributed by atoms with Crippen molar-refractivity contribution in [2.45, 2.75) is 6.92 Å². The van der Waals surface area contributed by atoms with Crippen LogP contribution in [0.5, 0.6) is 0 Å². The first-order valence-corrected chi connectivity index (χ1v) is 10.7. The summed E-state index contributed by atoms with van der Waals surface area (Å²) in [5.74, 6) is 0. The van der Waals surface area contributed by atoms with Crippen LogP contribution in [0.3, 0.4) is 0 Å². The van der Waals surface area contributed by atoms with E-state index in [2.05, 4.69) is 6.07 Å². The van der Waals surface area contributed by atoms with Gasteiger partial charge in [0.05, 0.1) is 10.6 Å². The molecule has 0 bridgehead atoms. The molecule has 0 saturated carbocycles. The largest absolute Gasteiger partial charge is 0.357 e. The van der Waals surface area contributed by atoms with Crippen LogP contribution in [0.2, 0.25) is 5.02 Å². The first kappa shape index (κ1) is 21.9. The number of aryl methyl sites for hydroxylation is 1. The summed E-state index contributed by atoms with van der Waals surface area (Å²) in [7, 11) is 3.84. The van der Waals surface area contributed by atoms with Gasteiger partial charge in [0.25, 0.3) is 0 Å². The number of aldehydes is 1. The Morgan fingerprint density at radius 1 is 0.967 bits per heavy atom. The molecule has 3 nitrogen and oxygen atoms in total. The molecule has 3 aromatic rings.